The van der Waals surface area contributed by atoms with Gasteiger partial charge in [0.25, 0.3) is 5.91 Å². The Balaban J connectivity index is 1.56. The Bertz CT molecular complexity index is 915. The molecule has 1 aliphatic carbocycles. The molecule has 2 aromatic heterocycles. The summed E-state index contributed by atoms with van der Waals surface area (Å²) >= 11 is 0. The van der Waals surface area contributed by atoms with E-state index < -0.39 is 5.54 Å². The number of nitrogens with one attached hydrogen (secondary N) is 1. The molecule has 6 heteroatoms. The van der Waals surface area contributed by atoms with Crippen molar-refractivity contribution in [2.45, 2.75) is 25.3 Å². The highest BCUT2D eigenvalue weighted by atomic mass is 16.3. The summed E-state index contributed by atoms with van der Waals surface area (Å²) in [6.45, 7) is 1.83. The van der Waals surface area contributed by atoms with Crippen molar-refractivity contribution in [2.24, 2.45) is 5.92 Å². The molecule has 1 aliphatic rings. The van der Waals surface area contributed by atoms with Crippen molar-refractivity contribution in [3.63, 3.8) is 0 Å². The summed E-state index contributed by atoms with van der Waals surface area (Å²) in [5.41, 5.74) is 1.78. The van der Waals surface area contributed by atoms with Crippen LogP contribution in [0.4, 0.5) is 0 Å². The fourth-order valence-electron chi connectivity index (χ4n) is 3.13. The molecule has 2 N–H and O–H groups in total. The van der Waals surface area contributed by atoms with Gasteiger partial charge in [0.2, 0.25) is 0 Å². The van der Waals surface area contributed by atoms with Gasteiger partial charge in [-0.3, -0.25) is 9.36 Å². The Morgan fingerprint density at radius 1 is 1.28 bits per heavy atom. The van der Waals surface area contributed by atoms with E-state index in [0.717, 1.165) is 23.9 Å². The van der Waals surface area contributed by atoms with Crippen LogP contribution in [0.5, 0.6) is 0 Å². The molecule has 0 saturated heterocycles. The maximum atomic E-state index is 12.5. The molecule has 1 aromatic carbocycles. The molecule has 128 valence electrons. The van der Waals surface area contributed by atoms with Crippen LogP contribution in [-0.2, 0) is 0 Å². The first kappa shape index (κ1) is 15.8. The van der Waals surface area contributed by atoms with E-state index in [4.69, 9.17) is 0 Å². The highest BCUT2D eigenvalue weighted by Crippen LogP contribution is 2.39. The van der Waals surface area contributed by atoms with Crippen LogP contribution in [0.1, 0.15) is 30.1 Å². The third-order valence-electron chi connectivity index (χ3n) is 4.92. The van der Waals surface area contributed by atoms with Crippen molar-refractivity contribution in [2.75, 3.05) is 6.61 Å². The maximum absolute atomic E-state index is 12.5. The van der Waals surface area contributed by atoms with Gasteiger partial charge in [0.15, 0.2) is 0 Å². The zero-order chi connectivity index (χ0) is 17.4. The number of aliphatic hydroxyl groups is 1. The van der Waals surface area contributed by atoms with Crippen LogP contribution in [0.25, 0.3) is 16.9 Å². The molecule has 0 aliphatic heterocycles. The maximum Gasteiger partial charge on any atom is 0.253 e. The van der Waals surface area contributed by atoms with Crippen LogP contribution >= 0.6 is 0 Å². The van der Waals surface area contributed by atoms with Crippen molar-refractivity contribution >= 4 is 16.9 Å². The average Bonchev–Trinajstić information content (AvgIpc) is 3.42. The quantitative estimate of drug-likeness (QED) is 0.749. The van der Waals surface area contributed by atoms with Gasteiger partial charge in [-0.2, -0.15) is 0 Å². The predicted molar refractivity (Wildman–Crippen MR) is 94.5 cm³/mol. The van der Waals surface area contributed by atoms with E-state index in [1.165, 1.54) is 0 Å². The Morgan fingerprint density at radius 3 is 2.76 bits per heavy atom. The number of aromatic nitrogens is 3. The SMILES string of the molecule is CC(CO)(NC(=O)c1ccc(-n2cnc3ccccc32)nc1)C1CC1. The first-order valence-electron chi connectivity index (χ1n) is 8.42. The molecule has 25 heavy (non-hydrogen) atoms. The molecule has 3 aromatic rings. The number of fused-ring (bicyclic) bond motifs is 1. The second-order valence-corrected chi connectivity index (χ2v) is 6.81. The minimum atomic E-state index is -0.559. The van der Waals surface area contributed by atoms with Crippen molar-refractivity contribution in [3.05, 3.63) is 54.5 Å². The monoisotopic (exact) mass is 336 g/mol. The summed E-state index contributed by atoms with van der Waals surface area (Å²) < 4.78 is 1.89. The lowest BCUT2D eigenvalue weighted by atomic mass is 9.96. The minimum Gasteiger partial charge on any atom is -0.394 e. The fourth-order valence-corrected chi connectivity index (χ4v) is 3.13. The normalized spacial score (nSPS) is 16.6. The first-order chi connectivity index (χ1) is 12.1. The van der Waals surface area contributed by atoms with E-state index in [9.17, 15) is 9.90 Å². The molecular formula is C19H20N4O2. The molecule has 1 saturated carbocycles. The van der Waals surface area contributed by atoms with E-state index in [1.807, 2.05) is 35.8 Å². The number of hydrogen-bond acceptors (Lipinski definition) is 4. The number of pyridine rings is 1. The van der Waals surface area contributed by atoms with Gasteiger partial charge in [-0.1, -0.05) is 12.1 Å². The minimum absolute atomic E-state index is 0.0596. The smallest absolute Gasteiger partial charge is 0.253 e. The third-order valence-corrected chi connectivity index (χ3v) is 4.92. The van der Waals surface area contributed by atoms with Gasteiger partial charge in [0.05, 0.1) is 28.7 Å². The van der Waals surface area contributed by atoms with Gasteiger partial charge in [-0.15, -0.1) is 0 Å². The van der Waals surface area contributed by atoms with Crippen molar-refractivity contribution < 1.29 is 9.90 Å². The van der Waals surface area contributed by atoms with E-state index in [2.05, 4.69) is 15.3 Å². The number of hydrogen-bond donors (Lipinski definition) is 2. The van der Waals surface area contributed by atoms with Crippen LogP contribution in [0.2, 0.25) is 0 Å². The molecule has 0 bridgehead atoms. The molecule has 1 fully saturated rings. The number of benzene rings is 1. The van der Waals surface area contributed by atoms with Crippen LogP contribution < -0.4 is 5.32 Å². The number of imidazole rings is 1. The second-order valence-electron chi connectivity index (χ2n) is 6.81. The van der Waals surface area contributed by atoms with Crippen LogP contribution in [0.15, 0.2) is 48.9 Å². The molecule has 1 atom stereocenters. The van der Waals surface area contributed by atoms with Crippen LogP contribution in [0.3, 0.4) is 0 Å². The number of carbonyl (C=O) groups excluding carboxylic acids is 1. The standard InChI is InChI=1S/C19H20N4O2/c1-19(11-24,14-7-8-14)22-18(25)13-6-9-17(20-10-13)23-12-21-15-4-2-3-5-16(15)23/h2-6,9-10,12,14,24H,7-8,11H2,1H3,(H,22,25). The van der Waals surface area contributed by atoms with Crippen molar-refractivity contribution in [1.82, 2.24) is 19.9 Å². The topological polar surface area (TPSA) is 80.0 Å². The molecule has 6 nitrogen and oxygen atoms in total. The van der Waals surface area contributed by atoms with Gasteiger partial charge in [-0.05, 0) is 49.9 Å². The van der Waals surface area contributed by atoms with Crippen LogP contribution in [0, 0.1) is 5.92 Å². The van der Waals surface area contributed by atoms with Crippen molar-refractivity contribution in [3.8, 4) is 5.82 Å². The average molecular weight is 336 g/mol. The lowest BCUT2D eigenvalue weighted by Gasteiger charge is -2.28. The van der Waals surface area contributed by atoms with Gasteiger partial charge in [0, 0.05) is 6.20 Å². The zero-order valence-corrected chi connectivity index (χ0v) is 14.0. The molecule has 4 rings (SSSR count). The summed E-state index contributed by atoms with van der Waals surface area (Å²) in [4.78, 5) is 21.2. The van der Waals surface area contributed by atoms with Gasteiger partial charge < -0.3 is 10.4 Å². The number of amides is 1. The molecule has 0 spiro atoms. The fraction of sp³-hybridized carbons (Fsp3) is 0.316. The molecule has 2 heterocycles. The summed E-state index contributed by atoms with van der Waals surface area (Å²) in [6.07, 6.45) is 5.37. The third kappa shape index (κ3) is 2.89. The molecule has 1 unspecified atom stereocenters. The van der Waals surface area contributed by atoms with E-state index in [0.29, 0.717) is 17.3 Å². The lowest BCUT2D eigenvalue weighted by Crippen LogP contribution is -2.50. The number of para-hydroxylation sites is 2. The highest BCUT2D eigenvalue weighted by molar-refractivity contribution is 5.94. The summed E-state index contributed by atoms with van der Waals surface area (Å²) in [7, 11) is 0. The Kier molecular flexibility index (Phi) is 3.77. The van der Waals surface area contributed by atoms with Gasteiger partial charge in [0.1, 0.15) is 12.1 Å². The Morgan fingerprint density at radius 2 is 2.08 bits per heavy atom. The Hall–Kier alpha value is -2.73. The van der Waals surface area contributed by atoms with E-state index >= 15 is 0 Å². The van der Waals surface area contributed by atoms with E-state index in [1.54, 1.807) is 24.7 Å². The molecule has 0 radical (unpaired) electrons. The van der Waals surface area contributed by atoms with Gasteiger partial charge in [-0.25, -0.2) is 9.97 Å². The van der Waals surface area contributed by atoms with Gasteiger partial charge >= 0.3 is 0 Å². The number of carbonyl (C=O) groups is 1. The predicted octanol–water partition coefficient (Wildman–Crippen LogP) is 2.31. The first-order valence-corrected chi connectivity index (χ1v) is 8.42. The molecular weight excluding hydrogens is 316 g/mol. The highest BCUT2D eigenvalue weighted by Gasteiger charge is 2.42. The zero-order valence-electron chi connectivity index (χ0n) is 14.0. The number of aliphatic hydroxyl groups excluding tert-OH is 1. The summed E-state index contributed by atoms with van der Waals surface area (Å²) in [6, 6.07) is 11.4. The largest absolute Gasteiger partial charge is 0.394 e. The summed E-state index contributed by atoms with van der Waals surface area (Å²) in [5, 5.41) is 12.6. The second kappa shape index (κ2) is 5.97. The lowest BCUT2D eigenvalue weighted by molar-refractivity contribution is 0.0824. The summed E-state index contributed by atoms with van der Waals surface area (Å²) in [5.74, 6) is 0.848. The van der Waals surface area contributed by atoms with E-state index in [-0.39, 0.29) is 12.5 Å². The van der Waals surface area contributed by atoms with Crippen molar-refractivity contribution in [1.29, 1.82) is 0 Å². The number of rotatable bonds is 5. The molecule has 1 amide bonds. The number of nitrogens with zero attached hydrogens (tertiary/aromatic N) is 3. The Labute approximate surface area is 145 Å². The van der Waals surface area contributed by atoms with Crippen LogP contribution in [-0.4, -0.2) is 37.7 Å².